The minimum atomic E-state index is -0.910. The third kappa shape index (κ3) is 3.30. The number of nitrogens with zero attached hydrogens (tertiary/aromatic N) is 2. The molecule has 1 aromatic heterocycles. The highest BCUT2D eigenvalue weighted by Gasteiger charge is 2.47. The Labute approximate surface area is 168 Å². The molecule has 0 aliphatic carbocycles. The average molecular weight is 396 g/mol. The molecule has 0 radical (unpaired) electrons. The number of nitrogens with one attached hydrogen (secondary N) is 2. The van der Waals surface area contributed by atoms with Crippen molar-refractivity contribution in [3.63, 3.8) is 0 Å². The molecule has 0 amide bonds. The van der Waals surface area contributed by atoms with Crippen LogP contribution < -0.4 is 14.4 Å². The Hall–Kier alpha value is -3.10. The first-order valence-electron chi connectivity index (χ1n) is 9.41. The van der Waals surface area contributed by atoms with Gasteiger partial charge in [-0.15, -0.1) is 0 Å². The molecule has 3 atom stereocenters. The first kappa shape index (κ1) is 19.2. The van der Waals surface area contributed by atoms with Crippen molar-refractivity contribution in [1.82, 2.24) is 9.97 Å². The maximum atomic E-state index is 11.1. The predicted octanol–water partition coefficient (Wildman–Crippen LogP) is 2.27. The van der Waals surface area contributed by atoms with Gasteiger partial charge in [-0.3, -0.25) is 5.41 Å². The van der Waals surface area contributed by atoms with Gasteiger partial charge in [-0.05, 0) is 18.6 Å². The number of aromatic nitrogens is 2. The molecule has 0 spiro atoms. The lowest BCUT2D eigenvalue weighted by atomic mass is 9.99. The number of aromatic amines is 1. The fourth-order valence-corrected chi connectivity index (χ4v) is 3.97. The van der Waals surface area contributed by atoms with Gasteiger partial charge < -0.3 is 29.6 Å². The van der Waals surface area contributed by atoms with Crippen LogP contribution in [-0.2, 0) is 0 Å². The van der Waals surface area contributed by atoms with Gasteiger partial charge >= 0.3 is 0 Å². The quantitative estimate of drug-likeness (QED) is 0.508. The lowest BCUT2D eigenvalue weighted by Gasteiger charge is -2.27. The van der Waals surface area contributed by atoms with Crippen LogP contribution in [-0.4, -0.2) is 59.0 Å². The van der Waals surface area contributed by atoms with Crippen molar-refractivity contribution in [3.8, 4) is 11.5 Å². The van der Waals surface area contributed by atoms with E-state index < -0.39 is 18.1 Å². The lowest BCUT2D eigenvalue weighted by Crippen LogP contribution is -2.37. The average Bonchev–Trinajstić information content (AvgIpc) is 3.26. The summed E-state index contributed by atoms with van der Waals surface area (Å²) in [6.45, 7) is -0.112. The van der Waals surface area contributed by atoms with E-state index in [1.54, 1.807) is 37.3 Å². The molecule has 2 aromatic carbocycles. The highest BCUT2D eigenvalue weighted by molar-refractivity contribution is 6.04. The van der Waals surface area contributed by atoms with Crippen LogP contribution in [0.25, 0.3) is 11.0 Å². The van der Waals surface area contributed by atoms with Crippen LogP contribution in [0.5, 0.6) is 11.5 Å². The summed E-state index contributed by atoms with van der Waals surface area (Å²) in [4.78, 5) is 9.54. The first-order valence-corrected chi connectivity index (χ1v) is 9.41. The number of hydrogen-bond donors (Lipinski definition) is 4. The molecule has 29 heavy (non-hydrogen) atoms. The SMILES string of the molecule is COc1cc(OC)cc(N2C(=N)C(c3nc4ccccc4[nH]3)C(O)C2CCO)c1. The molecule has 2 heterocycles. The number of fused-ring (bicyclic) bond motifs is 1. The zero-order chi connectivity index (χ0) is 20.5. The molecular formula is C21H24N4O4. The summed E-state index contributed by atoms with van der Waals surface area (Å²) in [5.41, 5.74) is 2.28. The monoisotopic (exact) mass is 396 g/mol. The van der Waals surface area contributed by atoms with Crippen LogP contribution >= 0.6 is 0 Å². The van der Waals surface area contributed by atoms with Gasteiger partial charge in [-0.1, -0.05) is 12.1 Å². The summed E-state index contributed by atoms with van der Waals surface area (Å²) >= 11 is 0. The number of methoxy groups -OCH3 is 2. The Balaban J connectivity index is 1.78. The fourth-order valence-electron chi connectivity index (χ4n) is 3.97. The minimum Gasteiger partial charge on any atom is -0.497 e. The maximum Gasteiger partial charge on any atom is 0.124 e. The number of aliphatic hydroxyl groups is 2. The van der Waals surface area contributed by atoms with Crippen molar-refractivity contribution in [2.75, 3.05) is 25.7 Å². The Morgan fingerprint density at radius 2 is 1.83 bits per heavy atom. The van der Waals surface area contributed by atoms with Crippen molar-refractivity contribution in [2.45, 2.75) is 24.5 Å². The molecule has 0 bridgehead atoms. The number of H-pyrrole nitrogens is 1. The van der Waals surface area contributed by atoms with E-state index in [9.17, 15) is 10.2 Å². The molecule has 1 aliphatic heterocycles. The number of aliphatic hydroxyl groups excluding tert-OH is 2. The Morgan fingerprint density at radius 3 is 2.45 bits per heavy atom. The van der Waals surface area contributed by atoms with Crippen LogP contribution in [0.2, 0.25) is 0 Å². The zero-order valence-electron chi connectivity index (χ0n) is 16.3. The van der Waals surface area contributed by atoms with Crippen molar-refractivity contribution in [1.29, 1.82) is 5.41 Å². The third-order valence-electron chi connectivity index (χ3n) is 5.36. The number of para-hydroxylation sites is 2. The molecule has 3 unspecified atom stereocenters. The Kier molecular flexibility index (Phi) is 5.12. The van der Waals surface area contributed by atoms with E-state index in [1.807, 2.05) is 24.3 Å². The highest BCUT2D eigenvalue weighted by Crippen LogP contribution is 2.40. The van der Waals surface area contributed by atoms with Gasteiger partial charge in [-0.2, -0.15) is 0 Å². The van der Waals surface area contributed by atoms with Gasteiger partial charge in [0.05, 0.1) is 37.4 Å². The van der Waals surface area contributed by atoms with E-state index in [2.05, 4.69) is 9.97 Å². The minimum absolute atomic E-state index is 0.112. The molecule has 3 aromatic rings. The molecule has 1 saturated heterocycles. The van der Waals surface area contributed by atoms with Crippen molar-refractivity contribution >= 4 is 22.6 Å². The number of hydrogen-bond acceptors (Lipinski definition) is 6. The van der Waals surface area contributed by atoms with Crippen LogP contribution in [0.15, 0.2) is 42.5 Å². The largest absolute Gasteiger partial charge is 0.497 e. The van der Waals surface area contributed by atoms with Gasteiger partial charge in [0.1, 0.15) is 29.1 Å². The molecule has 1 aliphatic rings. The van der Waals surface area contributed by atoms with Gasteiger partial charge in [0, 0.05) is 30.5 Å². The Morgan fingerprint density at radius 1 is 1.14 bits per heavy atom. The highest BCUT2D eigenvalue weighted by atomic mass is 16.5. The van der Waals surface area contributed by atoms with Crippen LogP contribution in [0.3, 0.4) is 0 Å². The summed E-state index contributed by atoms with van der Waals surface area (Å²) in [5.74, 6) is 1.25. The number of ether oxygens (including phenoxy) is 2. The van der Waals surface area contributed by atoms with Crippen LogP contribution in [0.4, 0.5) is 5.69 Å². The third-order valence-corrected chi connectivity index (χ3v) is 5.36. The van der Waals surface area contributed by atoms with Gasteiger partial charge in [-0.25, -0.2) is 4.98 Å². The Bertz CT molecular complexity index is 979. The fraction of sp³-hybridized carbons (Fsp3) is 0.333. The lowest BCUT2D eigenvalue weighted by molar-refractivity contribution is 0.134. The summed E-state index contributed by atoms with van der Waals surface area (Å²) in [7, 11) is 3.12. The number of amidine groups is 1. The first-order chi connectivity index (χ1) is 14.1. The zero-order valence-corrected chi connectivity index (χ0v) is 16.3. The molecule has 152 valence electrons. The number of imidazole rings is 1. The second kappa shape index (κ2) is 7.73. The summed E-state index contributed by atoms with van der Waals surface area (Å²) < 4.78 is 10.7. The van der Waals surface area contributed by atoms with E-state index in [-0.39, 0.29) is 12.4 Å². The standard InChI is InChI=1S/C21H24N4O4/c1-28-13-9-12(10-14(11-13)29-2)25-17(7-8-26)19(27)18(20(25)22)21-23-15-5-3-4-6-16(15)24-21/h3-6,9-11,17-19,22,26-27H,7-8H2,1-2H3,(H,23,24). The molecule has 8 nitrogen and oxygen atoms in total. The number of benzene rings is 2. The van der Waals surface area contributed by atoms with Crippen LogP contribution in [0.1, 0.15) is 18.2 Å². The van der Waals surface area contributed by atoms with Gasteiger partial charge in [0.25, 0.3) is 0 Å². The molecule has 1 fully saturated rings. The van der Waals surface area contributed by atoms with Crippen molar-refractivity contribution in [2.24, 2.45) is 0 Å². The summed E-state index contributed by atoms with van der Waals surface area (Å²) in [6.07, 6.45) is -0.604. The van der Waals surface area contributed by atoms with Crippen molar-refractivity contribution < 1.29 is 19.7 Å². The second-order valence-electron chi connectivity index (χ2n) is 7.01. The predicted molar refractivity (Wildman–Crippen MR) is 110 cm³/mol. The van der Waals surface area contributed by atoms with Crippen LogP contribution in [0, 0.1) is 5.41 Å². The summed E-state index contributed by atoms with van der Waals surface area (Å²) in [5, 5.41) is 29.5. The molecule has 4 N–H and O–H groups in total. The topological polar surface area (TPSA) is 115 Å². The van der Waals surface area contributed by atoms with E-state index in [4.69, 9.17) is 14.9 Å². The van der Waals surface area contributed by atoms with E-state index in [1.165, 1.54) is 0 Å². The van der Waals surface area contributed by atoms with E-state index in [0.717, 1.165) is 11.0 Å². The smallest absolute Gasteiger partial charge is 0.124 e. The van der Waals surface area contributed by atoms with E-state index in [0.29, 0.717) is 29.4 Å². The number of rotatable bonds is 6. The van der Waals surface area contributed by atoms with Crippen molar-refractivity contribution in [3.05, 3.63) is 48.3 Å². The normalized spacial score (nSPS) is 21.7. The number of anilines is 1. The summed E-state index contributed by atoms with van der Waals surface area (Å²) in [6, 6.07) is 12.4. The molecule has 4 rings (SSSR count). The molecule has 8 heteroatoms. The van der Waals surface area contributed by atoms with Gasteiger partial charge in [0.2, 0.25) is 0 Å². The van der Waals surface area contributed by atoms with E-state index >= 15 is 0 Å². The van der Waals surface area contributed by atoms with Gasteiger partial charge in [0.15, 0.2) is 0 Å². The maximum absolute atomic E-state index is 11.1. The molecular weight excluding hydrogens is 372 g/mol. The second-order valence-corrected chi connectivity index (χ2v) is 7.01. The molecule has 0 saturated carbocycles.